The van der Waals surface area contributed by atoms with Gasteiger partial charge in [0.15, 0.2) is 5.65 Å². The largest absolute Gasteiger partial charge is 0.237 e. The highest BCUT2D eigenvalue weighted by Crippen LogP contribution is 2.20. The molecule has 0 atom stereocenters. The highest BCUT2D eigenvalue weighted by molar-refractivity contribution is 5.41. The van der Waals surface area contributed by atoms with Crippen molar-refractivity contribution in [1.29, 1.82) is 5.26 Å². The fourth-order valence-electron chi connectivity index (χ4n) is 1.19. The van der Waals surface area contributed by atoms with Crippen molar-refractivity contribution in [3.63, 3.8) is 0 Å². The number of aromatic nitrogens is 3. The Morgan fingerprint density at radius 1 is 1.50 bits per heavy atom. The van der Waals surface area contributed by atoms with Crippen LogP contribution in [0, 0.1) is 11.3 Å². The van der Waals surface area contributed by atoms with Crippen LogP contribution in [-0.2, 0) is 5.41 Å². The monoisotopic (exact) mass is 186 g/mol. The van der Waals surface area contributed by atoms with Gasteiger partial charge in [-0.3, -0.25) is 0 Å². The molecule has 0 aliphatic rings. The second-order valence-corrected chi connectivity index (χ2v) is 3.69. The van der Waals surface area contributed by atoms with Crippen molar-refractivity contribution in [3.05, 3.63) is 30.2 Å². The minimum absolute atomic E-state index is 0.562. The number of nitriles is 1. The van der Waals surface area contributed by atoms with Crippen molar-refractivity contribution in [2.24, 2.45) is 0 Å². The van der Waals surface area contributed by atoms with Crippen LogP contribution in [0.2, 0.25) is 0 Å². The molecular formula is C10H10N4. The van der Waals surface area contributed by atoms with Gasteiger partial charge < -0.3 is 0 Å². The van der Waals surface area contributed by atoms with Crippen LogP contribution < -0.4 is 0 Å². The Bertz CT molecular complexity index is 471. The van der Waals surface area contributed by atoms with Crippen molar-refractivity contribution in [2.75, 3.05) is 0 Å². The second-order valence-electron chi connectivity index (χ2n) is 3.69. The zero-order valence-corrected chi connectivity index (χ0v) is 8.10. The average Bonchev–Trinajstić information content (AvgIpc) is 2.61. The summed E-state index contributed by atoms with van der Waals surface area (Å²) >= 11 is 0. The number of hydrogen-bond donors (Lipinski definition) is 0. The first-order chi connectivity index (χ1) is 6.63. The lowest BCUT2D eigenvalue weighted by molar-refractivity contribution is 0.648. The van der Waals surface area contributed by atoms with Gasteiger partial charge in [0.2, 0.25) is 0 Å². The van der Waals surface area contributed by atoms with E-state index >= 15 is 0 Å². The molecule has 14 heavy (non-hydrogen) atoms. The first-order valence-electron chi connectivity index (χ1n) is 4.35. The van der Waals surface area contributed by atoms with Crippen molar-refractivity contribution < 1.29 is 0 Å². The summed E-state index contributed by atoms with van der Waals surface area (Å²) in [7, 11) is 0. The van der Waals surface area contributed by atoms with Crippen LogP contribution >= 0.6 is 0 Å². The molecule has 2 rings (SSSR count). The summed E-state index contributed by atoms with van der Waals surface area (Å²) in [6.07, 6.45) is 3.53. The lowest BCUT2D eigenvalue weighted by Crippen LogP contribution is -2.14. The van der Waals surface area contributed by atoms with Crippen LogP contribution in [0.25, 0.3) is 5.65 Å². The van der Waals surface area contributed by atoms with Crippen LogP contribution in [0.15, 0.2) is 24.5 Å². The molecule has 70 valence electrons. The molecule has 0 N–H and O–H groups in total. The van der Waals surface area contributed by atoms with Crippen LogP contribution in [-0.4, -0.2) is 14.6 Å². The quantitative estimate of drug-likeness (QED) is 0.678. The van der Waals surface area contributed by atoms with Crippen molar-refractivity contribution in [2.45, 2.75) is 19.3 Å². The second kappa shape index (κ2) is 2.81. The molecule has 0 fully saturated rings. The summed E-state index contributed by atoms with van der Waals surface area (Å²) in [6.45, 7) is 3.68. The fourth-order valence-corrected chi connectivity index (χ4v) is 1.19. The molecule has 2 aromatic heterocycles. The first kappa shape index (κ1) is 8.70. The van der Waals surface area contributed by atoms with E-state index in [1.807, 2.05) is 32.2 Å². The van der Waals surface area contributed by atoms with Crippen LogP contribution in [0.4, 0.5) is 0 Å². The van der Waals surface area contributed by atoms with Gasteiger partial charge in [-0.2, -0.15) is 10.4 Å². The van der Waals surface area contributed by atoms with E-state index in [4.69, 9.17) is 5.26 Å². The number of nitrogens with zero attached hydrogens (tertiary/aromatic N) is 4. The predicted octanol–water partition coefficient (Wildman–Crippen LogP) is 1.53. The minimum Gasteiger partial charge on any atom is -0.237 e. The Hall–Kier alpha value is -1.89. The van der Waals surface area contributed by atoms with Gasteiger partial charge >= 0.3 is 0 Å². The molecule has 0 radical (unpaired) electrons. The molecular weight excluding hydrogens is 176 g/mol. The van der Waals surface area contributed by atoms with Gasteiger partial charge in [0.05, 0.1) is 17.2 Å². The summed E-state index contributed by atoms with van der Waals surface area (Å²) in [4.78, 5) is 4.14. The normalized spacial score (nSPS) is 11.5. The zero-order chi connectivity index (χ0) is 10.2. The summed E-state index contributed by atoms with van der Waals surface area (Å²) in [6, 6.07) is 5.86. The molecule has 4 heteroatoms. The lowest BCUT2D eigenvalue weighted by atomic mass is 9.92. The third-order valence-corrected chi connectivity index (χ3v) is 2.16. The fraction of sp³-hybridized carbons (Fsp3) is 0.300. The maximum atomic E-state index is 8.95. The van der Waals surface area contributed by atoms with Gasteiger partial charge in [-0.25, -0.2) is 9.50 Å². The third-order valence-electron chi connectivity index (χ3n) is 2.16. The van der Waals surface area contributed by atoms with E-state index in [2.05, 4.69) is 16.2 Å². The van der Waals surface area contributed by atoms with E-state index in [0.717, 1.165) is 11.3 Å². The molecule has 0 aliphatic heterocycles. The Kier molecular flexibility index (Phi) is 1.74. The molecule has 0 saturated carbocycles. The smallest absolute Gasteiger partial charge is 0.155 e. The molecule has 0 unspecified atom stereocenters. The molecule has 0 aliphatic carbocycles. The molecule has 2 heterocycles. The van der Waals surface area contributed by atoms with E-state index in [1.165, 1.54) is 0 Å². The van der Waals surface area contributed by atoms with Crippen molar-refractivity contribution in [3.8, 4) is 6.07 Å². The maximum Gasteiger partial charge on any atom is 0.155 e. The predicted molar refractivity (Wildman–Crippen MR) is 51.6 cm³/mol. The molecule has 0 aromatic carbocycles. The highest BCUT2D eigenvalue weighted by Gasteiger charge is 2.23. The van der Waals surface area contributed by atoms with Crippen LogP contribution in [0.3, 0.4) is 0 Å². The summed E-state index contributed by atoms with van der Waals surface area (Å²) in [5.74, 6) is 0. The Morgan fingerprint density at radius 2 is 2.29 bits per heavy atom. The van der Waals surface area contributed by atoms with Gasteiger partial charge in [0.25, 0.3) is 0 Å². The number of fused-ring (bicyclic) bond motifs is 1. The zero-order valence-electron chi connectivity index (χ0n) is 8.10. The topological polar surface area (TPSA) is 54.0 Å². The average molecular weight is 186 g/mol. The van der Waals surface area contributed by atoms with E-state index in [1.54, 1.807) is 10.7 Å². The van der Waals surface area contributed by atoms with Crippen LogP contribution in [0.5, 0.6) is 0 Å². The van der Waals surface area contributed by atoms with Gasteiger partial charge in [-0.05, 0) is 19.9 Å². The Morgan fingerprint density at radius 3 is 2.93 bits per heavy atom. The minimum atomic E-state index is -0.562. The Labute approximate surface area is 81.8 Å². The molecule has 2 aromatic rings. The lowest BCUT2D eigenvalue weighted by Gasteiger charge is -2.09. The SMILES string of the molecule is CC(C)(C#N)c1cc2ncccn2n1. The standard InChI is InChI=1S/C10H10N4/c1-10(2,7-11)8-6-9-12-4-3-5-14(9)13-8/h3-6H,1-2H3. The molecule has 0 amide bonds. The van der Waals surface area contributed by atoms with Gasteiger partial charge in [0.1, 0.15) is 0 Å². The van der Waals surface area contributed by atoms with E-state index in [-0.39, 0.29) is 0 Å². The number of rotatable bonds is 1. The van der Waals surface area contributed by atoms with E-state index in [0.29, 0.717) is 0 Å². The van der Waals surface area contributed by atoms with Crippen LogP contribution in [0.1, 0.15) is 19.5 Å². The molecule has 0 saturated heterocycles. The highest BCUT2D eigenvalue weighted by atomic mass is 15.2. The molecule has 4 nitrogen and oxygen atoms in total. The first-order valence-corrected chi connectivity index (χ1v) is 4.35. The van der Waals surface area contributed by atoms with E-state index in [9.17, 15) is 0 Å². The summed E-state index contributed by atoms with van der Waals surface area (Å²) < 4.78 is 1.68. The van der Waals surface area contributed by atoms with Gasteiger partial charge in [-0.1, -0.05) is 0 Å². The third kappa shape index (κ3) is 1.23. The van der Waals surface area contributed by atoms with Crippen molar-refractivity contribution >= 4 is 5.65 Å². The summed E-state index contributed by atoms with van der Waals surface area (Å²) in [5, 5.41) is 13.2. The Balaban J connectivity index is 2.62. The molecule has 0 bridgehead atoms. The summed E-state index contributed by atoms with van der Waals surface area (Å²) in [5.41, 5.74) is 0.956. The maximum absolute atomic E-state index is 8.95. The van der Waals surface area contributed by atoms with E-state index < -0.39 is 5.41 Å². The number of hydrogen-bond acceptors (Lipinski definition) is 3. The van der Waals surface area contributed by atoms with Gasteiger partial charge in [0, 0.05) is 18.5 Å². The van der Waals surface area contributed by atoms with Crippen molar-refractivity contribution in [1.82, 2.24) is 14.6 Å². The van der Waals surface area contributed by atoms with Gasteiger partial charge in [-0.15, -0.1) is 0 Å². The molecule has 0 spiro atoms.